The maximum absolute atomic E-state index is 5.98. The average molecular weight is 295 g/mol. The van der Waals surface area contributed by atoms with Gasteiger partial charge in [-0.25, -0.2) is 0 Å². The third-order valence-corrected chi connectivity index (χ3v) is 3.76. The molecule has 3 rings (SSSR count). The maximum atomic E-state index is 5.98. The summed E-state index contributed by atoms with van der Waals surface area (Å²) in [6.45, 7) is 4.12. The Balaban J connectivity index is 2.13. The summed E-state index contributed by atoms with van der Waals surface area (Å²) < 4.78 is 6.91. The van der Waals surface area contributed by atoms with Crippen molar-refractivity contribution >= 4 is 5.69 Å². The molecule has 0 aliphatic carbocycles. The number of tetrazole rings is 1. The molecule has 0 amide bonds. The Hall–Kier alpha value is -2.89. The molecule has 0 saturated carbocycles. The molecular weight excluding hydrogens is 278 g/mol. The Kier molecular flexibility index (Phi) is 3.50. The van der Waals surface area contributed by atoms with Crippen LogP contribution in [-0.4, -0.2) is 27.3 Å². The third kappa shape index (κ3) is 2.28. The number of nitrogens with two attached hydrogens (primary N) is 1. The second kappa shape index (κ2) is 5.48. The molecule has 3 aromatic rings. The standard InChI is InChI=1S/C16H17N5O/c1-10-5-4-6-14(11(10)2)21-16(18-19-20-21)12-7-8-15(22-3)13(17)9-12/h4-9H,17H2,1-3H3. The first-order valence-corrected chi connectivity index (χ1v) is 6.90. The minimum atomic E-state index is 0.551. The van der Waals surface area contributed by atoms with E-state index in [1.54, 1.807) is 11.8 Å². The first-order chi connectivity index (χ1) is 10.6. The molecule has 0 atom stereocenters. The Morgan fingerprint density at radius 3 is 2.68 bits per heavy atom. The largest absolute Gasteiger partial charge is 0.495 e. The van der Waals surface area contributed by atoms with E-state index in [4.69, 9.17) is 10.5 Å². The summed E-state index contributed by atoms with van der Waals surface area (Å²) in [4.78, 5) is 0. The number of anilines is 1. The number of methoxy groups -OCH3 is 1. The van der Waals surface area contributed by atoms with Crippen molar-refractivity contribution in [3.8, 4) is 22.8 Å². The molecule has 1 aromatic heterocycles. The van der Waals surface area contributed by atoms with Gasteiger partial charge in [0, 0.05) is 5.56 Å². The van der Waals surface area contributed by atoms with E-state index in [2.05, 4.69) is 35.4 Å². The van der Waals surface area contributed by atoms with Crippen LogP contribution in [0.4, 0.5) is 5.69 Å². The summed E-state index contributed by atoms with van der Waals surface area (Å²) in [7, 11) is 1.59. The topological polar surface area (TPSA) is 78.9 Å². The summed E-state index contributed by atoms with van der Waals surface area (Å²) in [5, 5.41) is 12.1. The molecule has 0 saturated heterocycles. The van der Waals surface area contributed by atoms with Gasteiger partial charge in [-0.1, -0.05) is 12.1 Å². The predicted molar refractivity (Wildman–Crippen MR) is 85.0 cm³/mol. The van der Waals surface area contributed by atoms with Gasteiger partial charge < -0.3 is 10.5 Å². The zero-order valence-corrected chi connectivity index (χ0v) is 12.7. The Morgan fingerprint density at radius 2 is 1.95 bits per heavy atom. The van der Waals surface area contributed by atoms with Crippen molar-refractivity contribution in [1.29, 1.82) is 0 Å². The van der Waals surface area contributed by atoms with E-state index in [0.717, 1.165) is 16.8 Å². The molecule has 6 heteroatoms. The maximum Gasteiger partial charge on any atom is 0.187 e. The van der Waals surface area contributed by atoms with Crippen LogP contribution in [0.1, 0.15) is 11.1 Å². The molecule has 6 nitrogen and oxygen atoms in total. The summed E-state index contributed by atoms with van der Waals surface area (Å²) in [5.41, 5.74) is 10.6. The minimum Gasteiger partial charge on any atom is -0.495 e. The Labute approximate surface area is 128 Å². The van der Waals surface area contributed by atoms with Crippen LogP contribution in [0.15, 0.2) is 36.4 Å². The van der Waals surface area contributed by atoms with E-state index in [1.807, 2.05) is 30.3 Å². The highest BCUT2D eigenvalue weighted by Crippen LogP contribution is 2.28. The quantitative estimate of drug-likeness (QED) is 0.751. The molecule has 0 fully saturated rings. The zero-order chi connectivity index (χ0) is 15.7. The Bertz CT molecular complexity index is 825. The molecule has 0 bridgehead atoms. The molecule has 0 aliphatic rings. The van der Waals surface area contributed by atoms with Crippen molar-refractivity contribution in [2.45, 2.75) is 13.8 Å². The number of nitrogen functional groups attached to an aromatic ring is 1. The van der Waals surface area contributed by atoms with Crippen LogP contribution < -0.4 is 10.5 Å². The van der Waals surface area contributed by atoms with E-state index in [9.17, 15) is 0 Å². The molecule has 112 valence electrons. The van der Waals surface area contributed by atoms with Crippen LogP contribution >= 0.6 is 0 Å². The number of aromatic nitrogens is 4. The van der Waals surface area contributed by atoms with Crippen molar-refractivity contribution in [1.82, 2.24) is 20.2 Å². The normalized spacial score (nSPS) is 10.7. The molecule has 2 N–H and O–H groups in total. The molecule has 0 unspecified atom stereocenters. The van der Waals surface area contributed by atoms with E-state index in [0.29, 0.717) is 17.3 Å². The molecule has 0 radical (unpaired) electrons. The number of hydrogen-bond donors (Lipinski definition) is 1. The molecule has 1 heterocycles. The lowest BCUT2D eigenvalue weighted by Crippen LogP contribution is -2.03. The number of ether oxygens (including phenoxy) is 1. The second-order valence-electron chi connectivity index (χ2n) is 5.09. The van der Waals surface area contributed by atoms with Crippen LogP contribution in [0.2, 0.25) is 0 Å². The number of hydrogen-bond acceptors (Lipinski definition) is 5. The highest BCUT2D eigenvalue weighted by Gasteiger charge is 2.14. The number of aryl methyl sites for hydroxylation is 1. The van der Waals surface area contributed by atoms with E-state index in [-0.39, 0.29) is 0 Å². The lowest BCUT2D eigenvalue weighted by molar-refractivity contribution is 0.417. The lowest BCUT2D eigenvalue weighted by atomic mass is 10.1. The van der Waals surface area contributed by atoms with Crippen molar-refractivity contribution in [3.63, 3.8) is 0 Å². The SMILES string of the molecule is COc1ccc(-c2nnnn2-c2cccc(C)c2C)cc1N. The number of rotatable bonds is 3. The van der Waals surface area contributed by atoms with Crippen LogP contribution in [0.25, 0.3) is 17.1 Å². The van der Waals surface area contributed by atoms with Gasteiger partial charge in [-0.05, 0) is 59.7 Å². The van der Waals surface area contributed by atoms with Crippen LogP contribution in [-0.2, 0) is 0 Å². The summed E-state index contributed by atoms with van der Waals surface area (Å²) in [6.07, 6.45) is 0. The van der Waals surface area contributed by atoms with Crippen molar-refractivity contribution < 1.29 is 4.74 Å². The fourth-order valence-electron chi connectivity index (χ4n) is 2.37. The molecule has 2 aromatic carbocycles. The summed E-state index contributed by atoms with van der Waals surface area (Å²) in [6, 6.07) is 11.6. The summed E-state index contributed by atoms with van der Waals surface area (Å²) >= 11 is 0. The molecule has 0 aliphatic heterocycles. The number of nitrogens with zero attached hydrogens (tertiary/aromatic N) is 4. The zero-order valence-electron chi connectivity index (χ0n) is 12.7. The predicted octanol–water partition coefficient (Wildman–Crippen LogP) is 2.54. The van der Waals surface area contributed by atoms with E-state index in [1.165, 1.54) is 5.56 Å². The monoisotopic (exact) mass is 295 g/mol. The van der Waals surface area contributed by atoms with Crippen molar-refractivity contribution in [2.24, 2.45) is 0 Å². The first kappa shape index (κ1) is 14.1. The van der Waals surface area contributed by atoms with Gasteiger partial charge in [-0.2, -0.15) is 4.68 Å². The van der Waals surface area contributed by atoms with Crippen LogP contribution in [0.3, 0.4) is 0 Å². The van der Waals surface area contributed by atoms with Gasteiger partial charge in [-0.15, -0.1) is 5.10 Å². The van der Waals surface area contributed by atoms with Gasteiger partial charge in [0.25, 0.3) is 0 Å². The fourth-order valence-corrected chi connectivity index (χ4v) is 2.37. The van der Waals surface area contributed by atoms with Crippen molar-refractivity contribution in [3.05, 3.63) is 47.5 Å². The highest BCUT2D eigenvalue weighted by molar-refractivity contribution is 5.67. The molecule has 0 spiro atoms. The smallest absolute Gasteiger partial charge is 0.187 e. The first-order valence-electron chi connectivity index (χ1n) is 6.90. The van der Waals surface area contributed by atoms with Gasteiger partial charge in [-0.3, -0.25) is 0 Å². The van der Waals surface area contributed by atoms with E-state index < -0.39 is 0 Å². The van der Waals surface area contributed by atoms with Gasteiger partial charge in [0.1, 0.15) is 5.75 Å². The lowest BCUT2D eigenvalue weighted by Gasteiger charge is -2.11. The van der Waals surface area contributed by atoms with Gasteiger partial charge in [0.05, 0.1) is 18.5 Å². The molecular formula is C16H17N5O. The van der Waals surface area contributed by atoms with Crippen LogP contribution in [0, 0.1) is 13.8 Å². The average Bonchev–Trinajstić information content (AvgIpc) is 2.99. The summed E-state index contributed by atoms with van der Waals surface area (Å²) in [5.74, 6) is 1.28. The molecule has 22 heavy (non-hydrogen) atoms. The minimum absolute atomic E-state index is 0.551. The van der Waals surface area contributed by atoms with Crippen LogP contribution in [0.5, 0.6) is 5.75 Å². The fraction of sp³-hybridized carbons (Fsp3) is 0.188. The van der Waals surface area contributed by atoms with Gasteiger partial charge >= 0.3 is 0 Å². The van der Waals surface area contributed by atoms with E-state index >= 15 is 0 Å². The Morgan fingerprint density at radius 1 is 1.14 bits per heavy atom. The highest BCUT2D eigenvalue weighted by atomic mass is 16.5. The number of benzene rings is 2. The second-order valence-corrected chi connectivity index (χ2v) is 5.09. The van der Waals surface area contributed by atoms with Gasteiger partial charge in [0.2, 0.25) is 0 Å². The third-order valence-electron chi connectivity index (χ3n) is 3.76. The van der Waals surface area contributed by atoms with Crippen molar-refractivity contribution in [2.75, 3.05) is 12.8 Å². The van der Waals surface area contributed by atoms with Gasteiger partial charge in [0.15, 0.2) is 5.82 Å².